The second kappa shape index (κ2) is 9.35. The molecule has 0 spiro atoms. The van der Waals surface area contributed by atoms with Crippen LogP contribution in [0, 0.1) is 0 Å². The molecule has 2 unspecified atom stereocenters. The third kappa shape index (κ3) is 5.68. The van der Waals surface area contributed by atoms with Crippen LogP contribution in [0.3, 0.4) is 0 Å². The molecule has 2 aliphatic heterocycles. The number of ketones is 1. The maximum atomic E-state index is 13.2. The van der Waals surface area contributed by atoms with Crippen molar-refractivity contribution in [3.63, 3.8) is 0 Å². The van der Waals surface area contributed by atoms with Crippen LogP contribution in [0.15, 0.2) is 42.5 Å². The summed E-state index contributed by atoms with van der Waals surface area (Å²) >= 11 is 0. The van der Waals surface area contributed by atoms with Gasteiger partial charge in [-0.05, 0) is 62.1 Å². The molecular formula is C25H31NO6S. The molecule has 178 valence electrons. The molecule has 0 bridgehead atoms. The minimum Gasteiger partial charge on any atom is -0.491 e. The van der Waals surface area contributed by atoms with Gasteiger partial charge in [-0.15, -0.1) is 0 Å². The lowest BCUT2D eigenvalue weighted by Crippen LogP contribution is -2.32. The number of ether oxygens (including phenoxy) is 3. The number of Topliss-reactive ketones (excluding diaryl/α,β-unsaturated/α-hetero) is 1. The summed E-state index contributed by atoms with van der Waals surface area (Å²) in [5.74, 6) is 2.22. The zero-order chi connectivity index (χ0) is 23.6. The fourth-order valence-electron chi connectivity index (χ4n) is 4.57. The van der Waals surface area contributed by atoms with Gasteiger partial charge in [0.1, 0.15) is 15.6 Å². The first-order valence-electron chi connectivity index (χ1n) is 11.2. The number of carbonyl (C=O) groups excluding carboxylic acids is 1. The van der Waals surface area contributed by atoms with E-state index in [1.54, 1.807) is 0 Å². The van der Waals surface area contributed by atoms with E-state index in [4.69, 9.17) is 14.2 Å². The number of hydrogen-bond acceptors (Lipinski definition) is 7. The first kappa shape index (κ1) is 23.6. The van der Waals surface area contributed by atoms with Crippen LogP contribution in [-0.4, -0.2) is 51.7 Å². The lowest BCUT2D eigenvalue weighted by molar-refractivity contribution is -0.120. The predicted octanol–water partition coefficient (Wildman–Crippen LogP) is 3.05. The molecule has 2 heterocycles. The number of fused-ring (bicyclic) bond motifs is 1. The van der Waals surface area contributed by atoms with E-state index in [9.17, 15) is 13.2 Å². The summed E-state index contributed by atoms with van der Waals surface area (Å²) in [6, 6.07) is 13.0. The third-order valence-electron chi connectivity index (χ3n) is 6.26. The van der Waals surface area contributed by atoms with Crippen LogP contribution in [0.4, 0.5) is 0 Å². The minimum absolute atomic E-state index is 0.0542. The molecule has 2 aromatic rings. The van der Waals surface area contributed by atoms with E-state index in [1.165, 1.54) is 6.26 Å². The fraction of sp³-hybridized carbons (Fsp3) is 0.480. The highest BCUT2D eigenvalue weighted by atomic mass is 32.2. The summed E-state index contributed by atoms with van der Waals surface area (Å²) in [6.07, 6.45) is 2.56. The van der Waals surface area contributed by atoms with Crippen LogP contribution in [0.25, 0.3) is 0 Å². The van der Waals surface area contributed by atoms with Crippen LogP contribution < -0.4 is 19.5 Å². The average Bonchev–Trinajstić information content (AvgIpc) is 3.39. The molecule has 0 amide bonds. The smallest absolute Gasteiger partial charge is 0.231 e. The Hall–Kier alpha value is -2.58. The summed E-state index contributed by atoms with van der Waals surface area (Å²) in [6.45, 7) is 4.63. The van der Waals surface area contributed by atoms with Crippen molar-refractivity contribution in [2.45, 2.75) is 50.7 Å². The molecule has 1 saturated heterocycles. The number of rotatable bonds is 9. The van der Waals surface area contributed by atoms with E-state index in [0.717, 1.165) is 16.9 Å². The van der Waals surface area contributed by atoms with Gasteiger partial charge in [-0.1, -0.05) is 18.2 Å². The SMILES string of the molecule is CC(C)Oc1cccc(CC(=O)C2CC(CCS(C)(=O)=O)(c3ccc4c(c3)OCO4)CN2)c1. The molecule has 33 heavy (non-hydrogen) atoms. The summed E-state index contributed by atoms with van der Waals surface area (Å²) in [4.78, 5) is 13.2. The van der Waals surface area contributed by atoms with Gasteiger partial charge in [-0.25, -0.2) is 8.42 Å². The summed E-state index contributed by atoms with van der Waals surface area (Å²) in [7, 11) is -3.15. The number of benzene rings is 2. The van der Waals surface area contributed by atoms with Gasteiger partial charge < -0.3 is 19.5 Å². The van der Waals surface area contributed by atoms with Crippen molar-refractivity contribution in [1.29, 1.82) is 0 Å². The fourth-order valence-corrected chi connectivity index (χ4v) is 5.33. The van der Waals surface area contributed by atoms with Crippen molar-refractivity contribution in [2.24, 2.45) is 0 Å². The Morgan fingerprint density at radius 2 is 1.97 bits per heavy atom. The van der Waals surface area contributed by atoms with Gasteiger partial charge in [0.15, 0.2) is 17.3 Å². The third-order valence-corrected chi connectivity index (χ3v) is 7.20. The van der Waals surface area contributed by atoms with Crippen LogP contribution in [0.1, 0.15) is 37.8 Å². The van der Waals surface area contributed by atoms with Gasteiger partial charge in [-0.3, -0.25) is 4.79 Å². The molecule has 4 rings (SSSR count). The van der Waals surface area contributed by atoms with E-state index >= 15 is 0 Å². The molecule has 0 saturated carbocycles. The molecule has 1 N–H and O–H groups in total. The van der Waals surface area contributed by atoms with Crippen LogP contribution in [-0.2, 0) is 26.5 Å². The molecule has 0 radical (unpaired) electrons. The Balaban J connectivity index is 1.53. The van der Waals surface area contributed by atoms with E-state index in [-0.39, 0.29) is 36.9 Å². The lowest BCUT2D eigenvalue weighted by Gasteiger charge is -2.29. The van der Waals surface area contributed by atoms with Gasteiger partial charge >= 0.3 is 0 Å². The monoisotopic (exact) mass is 473 g/mol. The number of carbonyl (C=O) groups is 1. The quantitative estimate of drug-likeness (QED) is 0.599. The van der Waals surface area contributed by atoms with Gasteiger partial charge in [-0.2, -0.15) is 0 Å². The molecule has 0 aliphatic carbocycles. The Labute approximate surface area is 195 Å². The molecular weight excluding hydrogens is 442 g/mol. The summed E-state index contributed by atoms with van der Waals surface area (Å²) in [5, 5.41) is 3.37. The highest BCUT2D eigenvalue weighted by Gasteiger charge is 2.43. The Morgan fingerprint density at radius 3 is 2.73 bits per heavy atom. The molecule has 2 atom stereocenters. The van der Waals surface area contributed by atoms with Crippen molar-refractivity contribution in [3.8, 4) is 17.2 Å². The zero-order valence-corrected chi connectivity index (χ0v) is 20.1. The first-order valence-corrected chi connectivity index (χ1v) is 13.3. The van der Waals surface area contributed by atoms with Crippen molar-refractivity contribution < 1.29 is 27.4 Å². The largest absolute Gasteiger partial charge is 0.491 e. The van der Waals surface area contributed by atoms with E-state index in [1.807, 2.05) is 56.3 Å². The highest BCUT2D eigenvalue weighted by Crippen LogP contribution is 2.42. The summed E-state index contributed by atoms with van der Waals surface area (Å²) < 4.78 is 40.7. The van der Waals surface area contributed by atoms with Crippen molar-refractivity contribution in [1.82, 2.24) is 5.32 Å². The molecule has 0 aromatic heterocycles. The molecule has 2 aliphatic rings. The van der Waals surface area contributed by atoms with Gasteiger partial charge in [0.05, 0.1) is 17.9 Å². The average molecular weight is 474 g/mol. The Kier molecular flexibility index (Phi) is 6.68. The zero-order valence-electron chi connectivity index (χ0n) is 19.3. The normalized spacial score (nSPS) is 22.0. The van der Waals surface area contributed by atoms with Crippen LogP contribution in [0.2, 0.25) is 0 Å². The maximum absolute atomic E-state index is 13.2. The maximum Gasteiger partial charge on any atom is 0.231 e. The Bertz CT molecular complexity index is 1130. The lowest BCUT2D eigenvalue weighted by atomic mass is 9.75. The first-order chi connectivity index (χ1) is 15.6. The number of nitrogens with one attached hydrogen (secondary N) is 1. The molecule has 1 fully saturated rings. The molecule has 2 aromatic carbocycles. The standard InChI is InChI=1S/C25H31NO6S/c1-17(2)32-20-6-4-5-18(11-20)12-22(27)21-14-25(15-26-21,9-10-33(3,28)29)19-7-8-23-24(13-19)31-16-30-23/h4-8,11,13,17,21,26H,9-10,12,14-16H2,1-3H3. The minimum atomic E-state index is -3.15. The van der Waals surface area contributed by atoms with Gasteiger partial charge in [0, 0.05) is 24.6 Å². The number of sulfone groups is 1. The second-order valence-corrected chi connectivity index (χ2v) is 11.6. The van der Waals surface area contributed by atoms with Crippen molar-refractivity contribution in [3.05, 3.63) is 53.6 Å². The van der Waals surface area contributed by atoms with E-state index in [0.29, 0.717) is 30.9 Å². The van der Waals surface area contributed by atoms with Crippen molar-refractivity contribution in [2.75, 3.05) is 25.3 Å². The topological polar surface area (TPSA) is 90.9 Å². The predicted molar refractivity (Wildman–Crippen MR) is 126 cm³/mol. The number of hydrogen-bond donors (Lipinski definition) is 1. The molecule has 8 heteroatoms. The van der Waals surface area contributed by atoms with E-state index in [2.05, 4.69) is 5.32 Å². The van der Waals surface area contributed by atoms with Crippen molar-refractivity contribution >= 4 is 15.6 Å². The van der Waals surface area contributed by atoms with E-state index < -0.39 is 15.3 Å². The van der Waals surface area contributed by atoms with Gasteiger partial charge in [0.25, 0.3) is 0 Å². The molecule has 7 nitrogen and oxygen atoms in total. The van der Waals surface area contributed by atoms with Crippen LogP contribution in [0.5, 0.6) is 17.2 Å². The second-order valence-electron chi connectivity index (χ2n) is 9.32. The van der Waals surface area contributed by atoms with Gasteiger partial charge in [0.2, 0.25) is 6.79 Å². The van der Waals surface area contributed by atoms with Crippen LogP contribution >= 0.6 is 0 Å². The highest BCUT2D eigenvalue weighted by molar-refractivity contribution is 7.90. The summed E-state index contributed by atoms with van der Waals surface area (Å²) in [5.41, 5.74) is 1.38. The Morgan fingerprint density at radius 1 is 1.18 bits per heavy atom.